The van der Waals surface area contributed by atoms with Crippen LogP contribution in [0.3, 0.4) is 0 Å². The number of carbonyl (C=O) groups excluding carboxylic acids is 1. The summed E-state index contributed by atoms with van der Waals surface area (Å²) in [7, 11) is 3.07. The summed E-state index contributed by atoms with van der Waals surface area (Å²) in [5.74, 6) is 0.0410. The molecule has 0 spiro atoms. The first kappa shape index (κ1) is 30.9. The van der Waals surface area contributed by atoms with Crippen LogP contribution in [0.4, 0.5) is 23.4 Å². The number of rotatable bonds is 9. The van der Waals surface area contributed by atoms with E-state index in [9.17, 15) is 27.2 Å². The number of halogens is 4. The van der Waals surface area contributed by atoms with Gasteiger partial charge in [0.05, 0.1) is 25.5 Å². The zero-order chi connectivity index (χ0) is 32.3. The van der Waals surface area contributed by atoms with Crippen LogP contribution in [0.25, 0.3) is 33.5 Å². The van der Waals surface area contributed by atoms with Crippen molar-refractivity contribution in [3.63, 3.8) is 0 Å². The Morgan fingerprint density at radius 1 is 0.844 bits per heavy atom. The van der Waals surface area contributed by atoms with Crippen molar-refractivity contribution >= 4 is 11.6 Å². The van der Waals surface area contributed by atoms with E-state index < -0.39 is 35.3 Å². The third kappa shape index (κ3) is 7.01. The first-order valence-corrected chi connectivity index (χ1v) is 13.5. The fourth-order valence-electron chi connectivity index (χ4n) is 4.79. The third-order valence-electron chi connectivity index (χ3n) is 7.00. The van der Waals surface area contributed by atoms with Gasteiger partial charge in [-0.1, -0.05) is 24.3 Å². The molecule has 0 aliphatic heterocycles. The molecule has 0 fully saturated rings. The first-order valence-electron chi connectivity index (χ1n) is 13.5. The molecule has 3 heterocycles. The zero-order valence-electron chi connectivity index (χ0n) is 24.1. The van der Waals surface area contributed by atoms with E-state index in [-0.39, 0.29) is 23.4 Å². The van der Waals surface area contributed by atoms with Crippen LogP contribution in [0.5, 0.6) is 11.5 Å². The summed E-state index contributed by atoms with van der Waals surface area (Å²) < 4.78 is 64.6. The molecule has 8 nitrogen and oxygen atoms in total. The summed E-state index contributed by atoms with van der Waals surface area (Å²) in [6, 6.07) is 15.1. The average molecular weight is 619 g/mol. The monoisotopic (exact) mass is 618 g/mol. The quantitative estimate of drug-likeness (QED) is 0.151. The topological polar surface area (TPSA) is 109 Å². The predicted octanol–water partition coefficient (Wildman–Crippen LogP) is 6.37. The minimum Gasteiger partial charge on any atom is -0.493 e. The second-order valence-corrected chi connectivity index (χ2v) is 10.1. The molecule has 3 aromatic heterocycles. The number of nitrogens with two attached hydrogens (primary N) is 1. The minimum atomic E-state index is -4.61. The Morgan fingerprint density at radius 2 is 1.56 bits per heavy atom. The van der Waals surface area contributed by atoms with Crippen molar-refractivity contribution < 1.29 is 31.8 Å². The van der Waals surface area contributed by atoms with Gasteiger partial charge < -0.3 is 19.8 Å². The van der Waals surface area contributed by atoms with Gasteiger partial charge in [-0.15, -0.1) is 0 Å². The maximum atomic E-state index is 13.5. The lowest BCUT2D eigenvalue weighted by Gasteiger charge is -2.14. The summed E-state index contributed by atoms with van der Waals surface area (Å²) in [6.45, 7) is -1.42. The van der Waals surface area contributed by atoms with Gasteiger partial charge in [0.1, 0.15) is 18.2 Å². The third-order valence-corrected chi connectivity index (χ3v) is 7.00. The molecule has 0 saturated carbocycles. The second-order valence-electron chi connectivity index (χ2n) is 10.1. The van der Waals surface area contributed by atoms with Crippen LogP contribution in [0.15, 0.2) is 90.2 Å². The molecule has 45 heavy (non-hydrogen) atoms. The van der Waals surface area contributed by atoms with Crippen LogP contribution < -0.4 is 20.6 Å². The van der Waals surface area contributed by atoms with E-state index in [1.54, 1.807) is 36.5 Å². The highest BCUT2D eigenvalue weighted by Crippen LogP contribution is 2.34. The van der Waals surface area contributed by atoms with Gasteiger partial charge in [0.25, 0.3) is 0 Å². The van der Waals surface area contributed by atoms with Crippen LogP contribution in [0.1, 0.15) is 15.9 Å². The Kier molecular flexibility index (Phi) is 8.66. The molecule has 0 aliphatic carbocycles. The molecule has 2 aromatic carbocycles. The van der Waals surface area contributed by atoms with Gasteiger partial charge in [0.2, 0.25) is 0 Å². The molecule has 230 valence electrons. The van der Waals surface area contributed by atoms with E-state index >= 15 is 0 Å². The molecule has 5 rings (SSSR count). The number of methoxy groups -OCH3 is 2. The smallest absolute Gasteiger partial charge is 0.406 e. The Bertz CT molecular complexity index is 1920. The average Bonchev–Trinajstić information content (AvgIpc) is 3.02. The van der Waals surface area contributed by atoms with Gasteiger partial charge in [0.15, 0.2) is 22.7 Å². The molecule has 5 aromatic rings. The Labute approximate surface area is 254 Å². The molecule has 0 unspecified atom stereocenters. The fourth-order valence-corrected chi connectivity index (χ4v) is 4.79. The van der Waals surface area contributed by atoms with E-state index in [0.717, 1.165) is 40.2 Å². The van der Waals surface area contributed by atoms with Gasteiger partial charge in [-0.25, -0.2) is 9.37 Å². The number of hydrogen-bond acceptors (Lipinski definition) is 7. The Hall–Kier alpha value is -5.52. The summed E-state index contributed by atoms with van der Waals surface area (Å²) in [5, 5.41) is 0. The fraction of sp³-hybridized carbons (Fsp3) is 0.152. The normalized spacial score (nSPS) is 11.3. The molecule has 0 radical (unpaired) electrons. The molecule has 2 N–H and O–H groups in total. The minimum absolute atomic E-state index is 0.157. The number of carbonyl (C=O) groups is 1. The molecular weight excluding hydrogens is 592 g/mol. The molecular formula is C33H26F4N4O4. The number of aromatic nitrogens is 3. The van der Waals surface area contributed by atoms with Gasteiger partial charge in [-0.3, -0.25) is 14.6 Å². The van der Waals surface area contributed by atoms with Gasteiger partial charge in [0, 0.05) is 47.9 Å². The van der Waals surface area contributed by atoms with Gasteiger partial charge >= 0.3 is 6.18 Å². The van der Waals surface area contributed by atoms with Crippen molar-refractivity contribution in [3.8, 4) is 45.0 Å². The van der Waals surface area contributed by atoms with E-state index in [1.807, 2.05) is 6.07 Å². The maximum absolute atomic E-state index is 13.5. The lowest BCUT2D eigenvalue weighted by molar-refractivity contribution is -0.140. The Balaban J connectivity index is 1.43. The number of hydrogen-bond donors (Lipinski definition) is 1. The van der Waals surface area contributed by atoms with Crippen LogP contribution in [0, 0.1) is 5.82 Å². The van der Waals surface area contributed by atoms with Crippen molar-refractivity contribution in [1.82, 2.24) is 14.5 Å². The van der Waals surface area contributed by atoms with Crippen LogP contribution >= 0.6 is 0 Å². The standard InChI is InChI=1S/C33H26F4N4O4/c1-44-29-10-6-21(13-30(29)45-2)22-12-24(32(38)40-15-22)27-9-3-19(14-39-27)11-28(42)26-17-41(18-33(35,36)37)16-25(31(26)43)20-4-7-23(34)8-5-20/h3-10,12-17H,11,18H2,1-2H3,(H2,38,40). The number of pyridine rings is 3. The van der Waals surface area contributed by atoms with Crippen molar-refractivity contribution in [2.75, 3.05) is 20.0 Å². The van der Waals surface area contributed by atoms with Gasteiger partial charge in [-0.05, 0) is 53.1 Å². The molecule has 0 atom stereocenters. The maximum Gasteiger partial charge on any atom is 0.406 e. The number of ether oxygens (including phenoxy) is 2. The van der Waals surface area contributed by atoms with Crippen molar-refractivity contribution in [1.29, 1.82) is 0 Å². The highest BCUT2D eigenvalue weighted by atomic mass is 19.4. The predicted molar refractivity (Wildman–Crippen MR) is 161 cm³/mol. The molecule has 0 amide bonds. The van der Waals surface area contributed by atoms with E-state index in [4.69, 9.17) is 15.2 Å². The molecule has 0 saturated heterocycles. The summed E-state index contributed by atoms with van der Waals surface area (Å²) in [6.07, 6.45) is 0.0137. The second kappa shape index (κ2) is 12.6. The zero-order valence-corrected chi connectivity index (χ0v) is 24.1. The van der Waals surface area contributed by atoms with Crippen molar-refractivity contribution in [3.05, 3.63) is 113 Å². The number of ketones is 1. The van der Waals surface area contributed by atoms with Crippen molar-refractivity contribution in [2.45, 2.75) is 19.1 Å². The number of alkyl halides is 3. The number of anilines is 1. The largest absolute Gasteiger partial charge is 0.493 e. The van der Waals surface area contributed by atoms with E-state index in [2.05, 4.69) is 9.97 Å². The van der Waals surface area contributed by atoms with E-state index in [0.29, 0.717) is 28.3 Å². The van der Waals surface area contributed by atoms with Gasteiger partial charge in [-0.2, -0.15) is 13.2 Å². The van der Waals surface area contributed by atoms with Crippen LogP contribution in [-0.2, 0) is 13.0 Å². The molecule has 0 bridgehead atoms. The number of nitrogens with zero attached hydrogens (tertiary/aromatic N) is 3. The number of nitrogen functional groups attached to an aromatic ring is 1. The SMILES string of the molecule is COc1ccc(-c2cnc(N)c(-c3ccc(CC(=O)c4cn(CC(F)(F)F)cc(-c5ccc(F)cc5)c4=O)cn3)c2)cc1OC. The van der Waals surface area contributed by atoms with Crippen LogP contribution in [0.2, 0.25) is 0 Å². The number of benzene rings is 2. The number of Topliss-reactive ketones (excluding diaryl/α,β-unsaturated/α-hetero) is 1. The molecule has 12 heteroatoms. The summed E-state index contributed by atoms with van der Waals surface area (Å²) in [4.78, 5) is 35.2. The van der Waals surface area contributed by atoms with E-state index in [1.165, 1.54) is 32.5 Å². The summed E-state index contributed by atoms with van der Waals surface area (Å²) in [5.41, 5.74) is 7.92. The summed E-state index contributed by atoms with van der Waals surface area (Å²) >= 11 is 0. The highest BCUT2D eigenvalue weighted by molar-refractivity contribution is 5.98. The first-order chi connectivity index (χ1) is 21.5. The lowest BCUT2D eigenvalue weighted by atomic mass is 9.99. The Morgan fingerprint density at radius 3 is 2.20 bits per heavy atom. The molecule has 0 aliphatic rings. The van der Waals surface area contributed by atoms with Crippen molar-refractivity contribution in [2.24, 2.45) is 0 Å². The lowest BCUT2D eigenvalue weighted by Crippen LogP contribution is -2.25. The highest BCUT2D eigenvalue weighted by Gasteiger charge is 2.29. The van der Waals surface area contributed by atoms with Crippen LogP contribution in [-0.4, -0.2) is 40.7 Å².